The van der Waals surface area contributed by atoms with Gasteiger partial charge in [-0.15, -0.1) is 0 Å². The van der Waals surface area contributed by atoms with Gasteiger partial charge in [-0.3, -0.25) is 9.79 Å². The lowest BCUT2D eigenvalue weighted by atomic mass is 10.1. The van der Waals surface area contributed by atoms with Gasteiger partial charge < -0.3 is 15.8 Å². The molecule has 1 fully saturated rings. The van der Waals surface area contributed by atoms with Crippen molar-refractivity contribution in [1.29, 1.82) is 0 Å². The molecule has 0 saturated heterocycles. The average molecular weight is 283 g/mol. The fourth-order valence-corrected chi connectivity index (χ4v) is 2.42. The molecule has 0 atom stereocenters. The summed E-state index contributed by atoms with van der Waals surface area (Å²) in [4.78, 5) is 15.6. The molecule has 116 valence electrons. The maximum atomic E-state index is 11.3. The second kappa shape index (κ2) is 9.61. The summed E-state index contributed by atoms with van der Waals surface area (Å²) in [5, 5.41) is 3.29. The Bertz CT molecular complexity index is 308. The zero-order valence-corrected chi connectivity index (χ0v) is 12.9. The number of nitrogens with one attached hydrogen (secondary N) is 1. The molecule has 5 heteroatoms. The molecule has 1 rings (SSSR count). The van der Waals surface area contributed by atoms with Gasteiger partial charge in [-0.25, -0.2) is 0 Å². The minimum atomic E-state index is -0.162. The van der Waals surface area contributed by atoms with Crippen molar-refractivity contribution in [3.05, 3.63) is 0 Å². The number of esters is 1. The minimum absolute atomic E-state index is 0.0482. The Hall–Kier alpha value is -1.26. The first-order chi connectivity index (χ1) is 9.58. The third kappa shape index (κ3) is 8.02. The highest BCUT2D eigenvalue weighted by Crippen LogP contribution is 2.16. The number of aliphatic imine (C=N–C) groups is 1. The van der Waals surface area contributed by atoms with E-state index >= 15 is 0 Å². The molecule has 5 nitrogen and oxygen atoms in total. The Labute approximate surface area is 122 Å². The summed E-state index contributed by atoms with van der Waals surface area (Å²) < 4.78 is 5.06. The summed E-state index contributed by atoms with van der Waals surface area (Å²) in [6.45, 7) is 4.27. The van der Waals surface area contributed by atoms with Crippen LogP contribution in [0.5, 0.6) is 0 Å². The molecule has 3 N–H and O–H groups in total. The third-order valence-corrected chi connectivity index (χ3v) is 3.40. The van der Waals surface area contributed by atoms with Crippen LogP contribution in [0.15, 0.2) is 4.99 Å². The third-order valence-electron chi connectivity index (χ3n) is 3.40. The number of guanidine groups is 1. The maximum absolute atomic E-state index is 11.3. The Morgan fingerprint density at radius 2 is 1.95 bits per heavy atom. The van der Waals surface area contributed by atoms with Gasteiger partial charge >= 0.3 is 5.97 Å². The largest absolute Gasteiger partial charge is 0.463 e. The van der Waals surface area contributed by atoms with Crippen molar-refractivity contribution >= 4 is 11.9 Å². The number of hydrogen-bond acceptors (Lipinski definition) is 3. The van der Waals surface area contributed by atoms with E-state index in [-0.39, 0.29) is 12.1 Å². The lowest BCUT2D eigenvalue weighted by Crippen LogP contribution is -2.39. The van der Waals surface area contributed by atoms with Gasteiger partial charge in [0.25, 0.3) is 0 Å². The zero-order chi connectivity index (χ0) is 14.8. The molecule has 0 aliphatic heterocycles. The van der Waals surface area contributed by atoms with Gasteiger partial charge in [-0.1, -0.05) is 25.7 Å². The number of ether oxygens (including phenoxy) is 1. The van der Waals surface area contributed by atoms with Crippen LogP contribution in [0, 0.1) is 0 Å². The van der Waals surface area contributed by atoms with Gasteiger partial charge in [0.2, 0.25) is 0 Å². The summed E-state index contributed by atoms with van der Waals surface area (Å²) in [6, 6.07) is 0.465. The predicted molar refractivity (Wildman–Crippen MR) is 81.6 cm³/mol. The summed E-state index contributed by atoms with van der Waals surface area (Å²) in [7, 11) is 0. The van der Waals surface area contributed by atoms with Gasteiger partial charge in [0.15, 0.2) is 5.96 Å². The number of carbonyl (C=O) groups excluding carboxylic acids is 1. The molecular formula is C15H29N3O2. The van der Waals surface area contributed by atoms with E-state index in [1.165, 1.54) is 38.5 Å². The Kier molecular flexibility index (Phi) is 8.07. The fourth-order valence-electron chi connectivity index (χ4n) is 2.42. The second-order valence-corrected chi connectivity index (χ2v) is 5.74. The Morgan fingerprint density at radius 1 is 1.30 bits per heavy atom. The van der Waals surface area contributed by atoms with Crippen LogP contribution in [-0.2, 0) is 9.53 Å². The Balaban J connectivity index is 2.15. The van der Waals surface area contributed by atoms with Crippen LogP contribution in [0.4, 0.5) is 0 Å². The van der Waals surface area contributed by atoms with E-state index in [1.807, 2.05) is 13.8 Å². The van der Waals surface area contributed by atoms with Crippen LogP contribution < -0.4 is 11.1 Å². The van der Waals surface area contributed by atoms with Gasteiger partial charge in [0.05, 0.1) is 6.10 Å². The number of rotatable bonds is 6. The number of hydrogen-bond donors (Lipinski definition) is 2. The molecule has 0 unspecified atom stereocenters. The van der Waals surface area contributed by atoms with E-state index < -0.39 is 0 Å². The molecule has 1 aliphatic carbocycles. The highest BCUT2D eigenvalue weighted by Gasteiger charge is 2.12. The van der Waals surface area contributed by atoms with Crippen LogP contribution >= 0.6 is 0 Å². The molecule has 0 radical (unpaired) electrons. The van der Waals surface area contributed by atoms with Gasteiger partial charge in [-0.05, 0) is 33.1 Å². The first kappa shape index (κ1) is 16.8. The van der Waals surface area contributed by atoms with E-state index in [0.717, 1.165) is 0 Å². The summed E-state index contributed by atoms with van der Waals surface area (Å²) in [5.74, 6) is 0.347. The lowest BCUT2D eigenvalue weighted by Gasteiger charge is -2.16. The topological polar surface area (TPSA) is 76.7 Å². The van der Waals surface area contributed by atoms with Crippen molar-refractivity contribution in [2.45, 2.75) is 77.4 Å². The van der Waals surface area contributed by atoms with E-state index in [4.69, 9.17) is 10.5 Å². The van der Waals surface area contributed by atoms with Crippen LogP contribution in [0.3, 0.4) is 0 Å². The van der Waals surface area contributed by atoms with Crippen molar-refractivity contribution in [2.75, 3.05) is 6.54 Å². The molecule has 0 spiro atoms. The summed E-state index contributed by atoms with van der Waals surface area (Å²) in [6.07, 6.45) is 8.58. The van der Waals surface area contributed by atoms with Crippen molar-refractivity contribution in [3.8, 4) is 0 Å². The lowest BCUT2D eigenvalue weighted by molar-refractivity contribution is -0.147. The Morgan fingerprint density at radius 3 is 2.55 bits per heavy atom. The molecule has 20 heavy (non-hydrogen) atoms. The van der Waals surface area contributed by atoms with Crippen molar-refractivity contribution < 1.29 is 9.53 Å². The van der Waals surface area contributed by atoms with Crippen molar-refractivity contribution in [2.24, 2.45) is 10.7 Å². The highest BCUT2D eigenvalue weighted by molar-refractivity contribution is 5.78. The summed E-state index contributed by atoms with van der Waals surface area (Å²) in [5.41, 5.74) is 5.88. The number of carbonyl (C=O) groups is 1. The van der Waals surface area contributed by atoms with E-state index in [9.17, 15) is 4.79 Å². The van der Waals surface area contributed by atoms with Crippen LogP contribution in [0.25, 0.3) is 0 Å². The molecule has 0 amide bonds. The first-order valence-electron chi connectivity index (χ1n) is 7.84. The molecule has 0 aromatic rings. The van der Waals surface area contributed by atoms with E-state index in [1.54, 1.807) is 0 Å². The van der Waals surface area contributed by atoms with Gasteiger partial charge in [-0.2, -0.15) is 0 Å². The van der Waals surface area contributed by atoms with Gasteiger partial charge in [0.1, 0.15) is 0 Å². The average Bonchev–Trinajstić information content (AvgIpc) is 2.62. The molecule has 1 saturated carbocycles. The smallest absolute Gasteiger partial charge is 0.306 e. The van der Waals surface area contributed by atoms with Gasteiger partial charge in [0, 0.05) is 19.0 Å². The minimum Gasteiger partial charge on any atom is -0.463 e. The van der Waals surface area contributed by atoms with Crippen LogP contribution in [0.2, 0.25) is 0 Å². The zero-order valence-electron chi connectivity index (χ0n) is 12.9. The monoisotopic (exact) mass is 283 g/mol. The highest BCUT2D eigenvalue weighted by atomic mass is 16.5. The molecule has 0 heterocycles. The molecule has 0 aromatic heterocycles. The summed E-state index contributed by atoms with van der Waals surface area (Å²) >= 11 is 0. The molecule has 0 bridgehead atoms. The van der Waals surface area contributed by atoms with E-state index in [0.29, 0.717) is 31.4 Å². The van der Waals surface area contributed by atoms with E-state index in [2.05, 4.69) is 10.3 Å². The second-order valence-electron chi connectivity index (χ2n) is 5.74. The van der Waals surface area contributed by atoms with Crippen LogP contribution in [-0.4, -0.2) is 30.6 Å². The van der Waals surface area contributed by atoms with Crippen molar-refractivity contribution in [3.63, 3.8) is 0 Å². The maximum Gasteiger partial charge on any atom is 0.306 e. The molecular weight excluding hydrogens is 254 g/mol. The first-order valence-corrected chi connectivity index (χ1v) is 7.84. The fraction of sp³-hybridized carbons (Fsp3) is 0.867. The number of nitrogens with zero attached hydrogens (tertiary/aromatic N) is 1. The normalized spacial score (nSPS) is 17.9. The van der Waals surface area contributed by atoms with Crippen LogP contribution in [0.1, 0.15) is 65.2 Å². The molecule has 1 aliphatic rings. The standard InChI is InChI=1S/C15H29N3O2/c1-12(2)20-14(19)10-7-11-17-15(16)18-13-8-5-3-4-6-9-13/h12-13H,3-11H2,1-2H3,(H3,16,17,18). The molecule has 0 aromatic carbocycles. The SMILES string of the molecule is CC(C)OC(=O)CCCN=C(N)NC1CCCCCC1. The number of nitrogens with two attached hydrogens (primary N) is 1. The quantitative estimate of drug-likeness (QED) is 0.258. The predicted octanol–water partition coefficient (Wildman–Crippen LogP) is 2.35. The van der Waals surface area contributed by atoms with Crippen molar-refractivity contribution in [1.82, 2.24) is 5.32 Å².